The highest BCUT2D eigenvalue weighted by molar-refractivity contribution is 7.99. The van der Waals surface area contributed by atoms with E-state index < -0.39 is 0 Å². The van der Waals surface area contributed by atoms with E-state index >= 15 is 0 Å². The number of rotatable bonds is 6. The lowest BCUT2D eigenvalue weighted by Gasteiger charge is -2.08. The number of nitrogens with two attached hydrogens (primary N) is 1. The Balaban J connectivity index is 2.18. The van der Waals surface area contributed by atoms with E-state index in [4.69, 9.17) is 10.5 Å². The van der Waals surface area contributed by atoms with Gasteiger partial charge in [0.2, 0.25) is 0 Å². The van der Waals surface area contributed by atoms with Crippen molar-refractivity contribution in [1.82, 2.24) is 5.32 Å². The second kappa shape index (κ2) is 7.04. The Hall–Kier alpha value is -1.40. The summed E-state index contributed by atoms with van der Waals surface area (Å²) in [4.78, 5) is 12.8. The molecule has 0 aliphatic rings. The van der Waals surface area contributed by atoms with Gasteiger partial charge >= 0.3 is 0 Å². The molecule has 1 amide bonds. The normalized spacial score (nSPS) is 12.3. The summed E-state index contributed by atoms with van der Waals surface area (Å²) in [6.07, 6.45) is 3.02. The molecule has 0 saturated carbocycles. The van der Waals surface area contributed by atoms with E-state index in [-0.39, 0.29) is 5.91 Å². The molecule has 2 aromatic rings. The molecular formula is C15H20N2O2S2. The number of nitrogen functional groups attached to an aromatic ring is 1. The van der Waals surface area contributed by atoms with Gasteiger partial charge in [-0.05, 0) is 24.8 Å². The topological polar surface area (TPSA) is 64.3 Å². The number of thioether (sulfide) groups is 1. The Morgan fingerprint density at radius 3 is 2.95 bits per heavy atom. The number of thiophene rings is 1. The van der Waals surface area contributed by atoms with Crippen LogP contribution in [0.5, 0.6) is 5.75 Å². The van der Waals surface area contributed by atoms with E-state index in [1.807, 2.05) is 18.2 Å². The fourth-order valence-electron chi connectivity index (χ4n) is 2.07. The fraction of sp³-hybridized carbons (Fsp3) is 0.400. The predicted octanol–water partition coefficient (Wildman–Crippen LogP) is 3.36. The van der Waals surface area contributed by atoms with Gasteiger partial charge in [0.15, 0.2) is 0 Å². The Morgan fingerprint density at radius 1 is 1.52 bits per heavy atom. The molecule has 0 bridgehead atoms. The van der Waals surface area contributed by atoms with Gasteiger partial charge in [-0.2, -0.15) is 11.8 Å². The highest BCUT2D eigenvalue weighted by Crippen LogP contribution is 2.39. The van der Waals surface area contributed by atoms with Crippen LogP contribution < -0.4 is 15.8 Å². The summed E-state index contributed by atoms with van der Waals surface area (Å²) >= 11 is 3.20. The van der Waals surface area contributed by atoms with Gasteiger partial charge in [0, 0.05) is 16.5 Å². The zero-order valence-electron chi connectivity index (χ0n) is 12.4. The largest absolute Gasteiger partial charge is 0.496 e. The van der Waals surface area contributed by atoms with Crippen molar-refractivity contribution in [3.8, 4) is 5.75 Å². The Kier molecular flexibility index (Phi) is 5.36. The number of nitrogens with one attached hydrogen (secondary N) is 1. The molecular weight excluding hydrogens is 304 g/mol. The van der Waals surface area contributed by atoms with Crippen molar-refractivity contribution in [2.45, 2.75) is 18.6 Å². The van der Waals surface area contributed by atoms with E-state index in [0.29, 0.717) is 28.1 Å². The van der Waals surface area contributed by atoms with Crippen molar-refractivity contribution < 1.29 is 9.53 Å². The van der Waals surface area contributed by atoms with Gasteiger partial charge in [-0.1, -0.05) is 13.0 Å². The van der Waals surface area contributed by atoms with Crippen molar-refractivity contribution in [2.24, 2.45) is 0 Å². The number of hydrogen-bond acceptors (Lipinski definition) is 5. The number of carbonyl (C=O) groups is 1. The Morgan fingerprint density at radius 2 is 2.29 bits per heavy atom. The summed E-state index contributed by atoms with van der Waals surface area (Å²) in [6.45, 7) is 2.81. The van der Waals surface area contributed by atoms with Gasteiger partial charge < -0.3 is 15.8 Å². The van der Waals surface area contributed by atoms with Crippen molar-refractivity contribution in [3.63, 3.8) is 0 Å². The highest BCUT2D eigenvalue weighted by atomic mass is 32.2. The second-order valence-corrected chi connectivity index (χ2v) is 7.10. The molecule has 0 radical (unpaired) electrons. The molecule has 1 unspecified atom stereocenters. The minimum Gasteiger partial charge on any atom is -0.496 e. The molecule has 1 atom stereocenters. The molecule has 1 aromatic heterocycles. The maximum absolute atomic E-state index is 12.3. The van der Waals surface area contributed by atoms with Crippen molar-refractivity contribution in [2.75, 3.05) is 25.6 Å². The van der Waals surface area contributed by atoms with Gasteiger partial charge in [0.1, 0.15) is 10.6 Å². The van der Waals surface area contributed by atoms with Crippen LogP contribution in [0.15, 0.2) is 18.2 Å². The predicted molar refractivity (Wildman–Crippen MR) is 92.7 cm³/mol. The fourth-order valence-corrected chi connectivity index (χ4v) is 3.48. The van der Waals surface area contributed by atoms with E-state index in [0.717, 1.165) is 16.5 Å². The van der Waals surface area contributed by atoms with Crippen LogP contribution in [0.25, 0.3) is 10.1 Å². The van der Waals surface area contributed by atoms with Crippen LogP contribution >= 0.6 is 23.1 Å². The first-order chi connectivity index (χ1) is 10.1. The summed E-state index contributed by atoms with van der Waals surface area (Å²) in [5, 5.41) is 4.30. The standard InChI is InChI=1S/C15H20N2O2S2/c1-9(20-3)7-8-17-15(18)14-13(16)12-10(19-2)5-4-6-11(12)21-14/h4-6,9H,7-8,16H2,1-3H3,(H,17,18). The average molecular weight is 324 g/mol. The first-order valence-electron chi connectivity index (χ1n) is 6.74. The zero-order valence-corrected chi connectivity index (χ0v) is 14.1. The molecule has 0 aliphatic heterocycles. The number of hydrogen-bond donors (Lipinski definition) is 2. The van der Waals surface area contributed by atoms with Gasteiger partial charge in [-0.15, -0.1) is 11.3 Å². The van der Waals surface area contributed by atoms with Crippen LogP contribution in [-0.4, -0.2) is 31.1 Å². The van der Waals surface area contributed by atoms with Crippen LogP contribution in [0, 0.1) is 0 Å². The van der Waals surface area contributed by atoms with E-state index in [1.54, 1.807) is 18.9 Å². The summed E-state index contributed by atoms with van der Waals surface area (Å²) in [5.41, 5.74) is 6.64. The minimum atomic E-state index is -0.107. The molecule has 0 saturated heterocycles. The van der Waals surface area contributed by atoms with Crippen LogP contribution in [0.2, 0.25) is 0 Å². The molecule has 6 heteroatoms. The van der Waals surface area contributed by atoms with Crippen molar-refractivity contribution in [3.05, 3.63) is 23.1 Å². The minimum absolute atomic E-state index is 0.107. The van der Waals surface area contributed by atoms with Crippen molar-refractivity contribution >= 4 is 44.8 Å². The quantitative estimate of drug-likeness (QED) is 0.855. The van der Waals surface area contributed by atoms with E-state index in [1.165, 1.54) is 11.3 Å². The van der Waals surface area contributed by atoms with E-state index in [9.17, 15) is 4.79 Å². The SMILES string of the molecule is COc1cccc2sc(C(=O)NCCC(C)SC)c(N)c12. The molecule has 0 spiro atoms. The maximum atomic E-state index is 12.3. The van der Waals surface area contributed by atoms with Gasteiger partial charge in [0.05, 0.1) is 18.2 Å². The van der Waals surface area contributed by atoms with Crippen LogP contribution in [0.3, 0.4) is 0 Å². The molecule has 0 fully saturated rings. The molecule has 0 aliphatic carbocycles. The third kappa shape index (κ3) is 3.44. The van der Waals surface area contributed by atoms with Gasteiger partial charge in [-0.3, -0.25) is 4.79 Å². The maximum Gasteiger partial charge on any atom is 0.263 e. The molecule has 114 valence electrons. The number of fused-ring (bicyclic) bond motifs is 1. The summed E-state index contributed by atoms with van der Waals surface area (Å²) in [6, 6.07) is 5.71. The van der Waals surface area contributed by atoms with E-state index in [2.05, 4.69) is 18.5 Å². The number of amides is 1. The first-order valence-corrected chi connectivity index (χ1v) is 8.84. The molecule has 4 nitrogen and oxygen atoms in total. The zero-order chi connectivity index (χ0) is 15.4. The summed E-state index contributed by atoms with van der Waals surface area (Å²) < 4.78 is 6.29. The highest BCUT2D eigenvalue weighted by Gasteiger charge is 2.18. The molecule has 1 aromatic carbocycles. The molecule has 1 heterocycles. The molecule has 21 heavy (non-hydrogen) atoms. The number of ether oxygens (including phenoxy) is 1. The monoisotopic (exact) mass is 324 g/mol. The number of methoxy groups -OCH3 is 1. The first kappa shape index (κ1) is 16.0. The number of carbonyl (C=O) groups excluding carboxylic acids is 1. The number of benzene rings is 1. The summed E-state index contributed by atoms with van der Waals surface area (Å²) in [5.74, 6) is 0.598. The lowest BCUT2D eigenvalue weighted by Crippen LogP contribution is -2.25. The Bertz CT molecular complexity index is 640. The summed E-state index contributed by atoms with van der Waals surface area (Å²) in [7, 11) is 1.61. The lowest BCUT2D eigenvalue weighted by atomic mass is 10.2. The molecule has 2 rings (SSSR count). The van der Waals surface area contributed by atoms with Gasteiger partial charge in [0.25, 0.3) is 5.91 Å². The average Bonchev–Trinajstić information content (AvgIpc) is 2.84. The Labute approximate surface area is 133 Å². The van der Waals surface area contributed by atoms with Crippen LogP contribution in [0.4, 0.5) is 5.69 Å². The smallest absolute Gasteiger partial charge is 0.263 e. The number of anilines is 1. The third-order valence-electron chi connectivity index (χ3n) is 3.38. The third-order valence-corrected chi connectivity index (χ3v) is 5.59. The lowest BCUT2D eigenvalue weighted by molar-refractivity contribution is 0.0958. The molecule has 3 N–H and O–H groups in total. The van der Waals surface area contributed by atoms with Crippen LogP contribution in [-0.2, 0) is 0 Å². The van der Waals surface area contributed by atoms with Gasteiger partial charge in [-0.25, -0.2) is 0 Å². The second-order valence-electron chi connectivity index (χ2n) is 4.77. The van der Waals surface area contributed by atoms with Crippen molar-refractivity contribution in [1.29, 1.82) is 0 Å². The van der Waals surface area contributed by atoms with Crippen LogP contribution in [0.1, 0.15) is 23.0 Å².